The fourth-order valence-electron chi connectivity index (χ4n) is 1.79. The van der Waals surface area contributed by atoms with E-state index in [1.54, 1.807) is 4.90 Å². The number of urea groups is 1. The molecule has 2 amide bonds. The molecule has 1 aliphatic heterocycles. The van der Waals surface area contributed by atoms with Crippen LogP contribution >= 0.6 is 0 Å². The molecule has 1 saturated heterocycles. The molecule has 0 spiro atoms. The molecule has 3 nitrogen and oxygen atoms in total. The maximum atomic E-state index is 12.1. The van der Waals surface area contributed by atoms with E-state index in [0.717, 1.165) is 30.6 Å². The van der Waals surface area contributed by atoms with Crippen molar-refractivity contribution in [1.29, 1.82) is 0 Å². The Morgan fingerprint density at radius 1 is 1.27 bits per heavy atom. The Morgan fingerprint density at radius 3 is 2.27 bits per heavy atom. The van der Waals surface area contributed by atoms with Crippen LogP contribution in [0.3, 0.4) is 0 Å². The molecule has 5 heteroatoms. The van der Waals surface area contributed by atoms with E-state index in [-0.39, 0.29) is 6.03 Å². The van der Waals surface area contributed by atoms with E-state index >= 15 is 0 Å². The van der Waals surface area contributed by atoms with Gasteiger partial charge in [0.15, 0.2) is 0 Å². The van der Waals surface area contributed by atoms with Crippen molar-refractivity contribution in [2.24, 2.45) is 0 Å². The summed E-state index contributed by atoms with van der Waals surface area (Å²) in [6.07, 6.45) is 1.76. The van der Waals surface area contributed by atoms with Gasteiger partial charge in [-0.2, -0.15) is 0 Å². The zero-order valence-corrected chi connectivity index (χ0v) is 9.09. The van der Waals surface area contributed by atoms with Crippen LogP contribution in [-0.2, 0) is 0 Å². The Morgan fingerprint density at radius 2 is 1.80 bits per heavy atom. The Bertz CT molecular complexity index is 204. The minimum atomic E-state index is -2.45. The van der Waals surface area contributed by atoms with E-state index < -0.39 is 13.0 Å². The average molecular weight is 220 g/mol. The maximum Gasteiger partial charge on any atom is 0.319 e. The minimum absolute atomic E-state index is 0.266. The van der Waals surface area contributed by atoms with Crippen LogP contribution in [0, 0.1) is 0 Å². The predicted octanol–water partition coefficient (Wildman–Crippen LogP) is 2.18. The molecule has 0 aromatic heterocycles. The SMILES string of the molecule is CN(CC(F)F)C(=O)N1CCCCCC1. The van der Waals surface area contributed by atoms with Gasteiger partial charge in [-0.25, -0.2) is 13.6 Å². The second kappa shape index (κ2) is 5.88. The summed E-state index contributed by atoms with van der Waals surface area (Å²) in [4.78, 5) is 14.5. The van der Waals surface area contributed by atoms with Gasteiger partial charge in [-0.15, -0.1) is 0 Å². The van der Waals surface area contributed by atoms with Gasteiger partial charge >= 0.3 is 6.03 Å². The summed E-state index contributed by atoms with van der Waals surface area (Å²) in [5.74, 6) is 0. The van der Waals surface area contributed by atoms with E-state index in [1.807, 2.05) is 0 Å². The lowest BCUT2D eigenvalue weighted by atomic mass is 10.2. The smallest absolute Gasteiger partial charge is 0.319 e. The van der Waals surface area contributed by atoms with Crippen molar-refractivity contribution in [3.8, 4) is 0 Å². The van der Waals surface area contributed by atoms with Crippen LogP contribution in [0.1, 0.15) is 25.7 Å². The van der Waals surface area contributed by atoms with Gasteiger partial charge in [0, 0.05) is 20.1 Å². The molecule has 0 aliphatic carbocycles. The van der Waals surface area contributed by atoms with Crippen LogP contribution in [0.25, 0.3) is 0 Å². The fraction of sp³-hybridized carbons (Fsp3) is 0.900. The van der Waals surface area contributed by atoms with Crippen molar-refractivity contribution in [1.82, 2.24) is 9.80 Å². The van der Waals surface area contributed by atoms with Crippen LogP contribution in [-0.4, -0.2) is 48.9 Å². The van der Waals surface area contributed by atoms with Gasteiger partial charge in [-0.3, -0.25) is 0 Å². The molecule has 0 atom stereocenters. The number of carbonyl (C=O) groups is 1. The molecule has 1 heterocycles. The molecule has 1 fully saturated rings. The first-order chi connectivity index (χ1) is 7.11. The first kappa shape index (κ1) is 12.2. The first-order valence-corrected chi connectivity index (χ1v) is 5.39. The molecule has 1 aliphatic rings. The number of likely N-dealkylation sites (tertiary alicyclic amines) is 1. The molecular weight excluding hydrogens is 202 g/mol. The van der Waals surface area contributed by atoms with Crippen LogP contribution in [0.5, 0.6) is 0 Å². The fourth-order valence-corrected chi connectivity index (χ4v) is 1.79. The lowest BCUT2D eigenvalue weighted by Gasteiger charge is -2.26. The van der Waals surface area contributed by atoms with Gasteiger partial charge in [0.1, 0.15) is 0 Å². The second-order valence-corrected chi connectivity index (χ2v) is 3.96. The molecule has 88 valence electrons. The zero-order chi connectivity index (χ0) is 11.3. The molecular formula is C10H18F2N2O. The number of nitrogens with zero attached hydrogens (tertiary/aromatic N) is 2. The Labute approximate surface area is 89.0 Å². The molecule has 0 aromatic carbocycles. The topological polar surface area (TPSA) is 23.6 Å². The third-order valence-corrected chi connectivity index (χ3v) is 2.62. The summed E-state index contributed by atoms with van der Waals surface area (Å²) in [7, 11) is 1.43. The highest BCUT2D eigenvalue weighted by atomic mass is 19.3. The third kappa shape index (κ3) is 4.01. The molecule has 0 saturated carbocycles. The summed E-state index contributed by atoms with van der Waals surface area (Å²) in [6, 6.07) is -0.266. The summed E-state index contributed by atoms with van der Waals surface area (Å²) in [5, 5.41) is 0. The lowest BCUT2D eigenvalue weighted by Crippen LogP contribution is -2.43. The molecule has 0 unspecified atom stereocenters. The summed E-state index contributed by atoms with van der Waals surface area (Å²) in [6.45, 7) is 0.925. The van der Waals surface area contributed by atoms with Gasteiger partial charge in [0.2, 0.25) is 0 Å². The molecule has 0 radical (unpaired) electrons. The Hall–Kier alpha value is -0.870. The number of alkyl halides is 2. The predicted molar refractivity (Wildman–Crippen MR) is 54.1 cm³/mol. The van der Waals surface area contributed by atoms with Crippen molar-refractivity contribution in [2.75, 3.05) is 26.7 Å². The van der Waals surface area contributed by atoms with Crippen molar-refractivity contribution in [3.63, 3.8) is 0 Å². The molecule has 1 rings (SSSR count). The maximum absolute atomic E-state index is 12.1. The summed E-state index contributed by atoms with van der Waals surface area (Å²) >= 11 is 0. The highest BCUT2D eigenvalue weighted by Crippen LogP contribution is 2.11. The highest BCUT2D eigenvalue weighted by molar-refractivity contribution is 5.74. The summed E-state index contributed by atoms with van der Waals surface area (Å²) < 4.78 is 24.2. The number of amides is 2. The molecule has 0 N–H and O–H groups in total. The van der Waals surface area contributed by atoms with Crippen LogP contribution in [0.2, 0.25) is 0 Å². The lowest BCUT2D eigenvalue weighted by molar-refractivity contribution is 0.0953. The van der Waals surface area contributed by atoms with Gasteiger partial charge in [0.25, 0.3) is 6.43 Å². The standard InChI is InChI=1S/C10H18F2N2O/c1-13(8-9(11)12)10(15)14-6-4-2-3-5-7-14/h9H,2-8H2,1H3. The monoisotopic (exact) mass is 220 g/mol. The quantitative estimate of drug-likeness (QED) is 0.699. The molecule has 0 bridgehead atoms. The van der Waals surface area contributed by atoms with Crippen molar-refractivity contribution >= 4 is 6.03 Å². The summed E-state index contributed by atoms with van der Waals surface area (Å²) in [5.41, 5.74) is 0. The Kier molecular flexibility index (Phi) is 4.78. The third-order valence-electron chi connectivity index (χ3n) is 2.62. The van der Waals surface area contributed by atoms with Crippen LogP contribution in [0.15, 0.2) is 0 Å². The van der Waals surface area contributed by atoms with E-state index in [2.05, 4.69) is 0 Å². The van der Waals surface area contributed by atoms with Gasteiger partial charge in [0.05, 0.1) is 6.54 Å². The van der Waals surface area contributed by atoms with Gasteiger partial charge in [-0.1, -0.05) is 12.8 Å². The van der Waals surface area contributed by atoms with Crippen molar-refractivity contribution in [3.05, 3.63) is 0 Å². The second-order valence-electron chi connectivity index (χ2n) is 3.96. The van der Waals surface area contributed by atoms with E-state index in [9.17, 15) is 13.6 Å². The number of rotatable bonds is 2. The Balaban J connectivity index is 2.42. The average Bonchev–Trinajstić information content (AvgIpc) is 2.43. The largest absolute Gasteiger partial charge is 0.325 e. The van der Waals surface area contributed by atoms with E-state index in [4.69, 9.17) is 0 Å². The van der Waals surface area contributed by atoms with E-state index in [0.29, 0.717) is 13.1 Å². The van der Waals surface area contributed by atoms with Crippen molar-refractivity contribution < 1.29 is 13.6 Å². The van der Waals surface area contributed by atoms with Crippen molar-refractivity contribution in [2.45, 2.75) is 32.1 Å². The number of hydrogen-bond donors (Lipinski definition) is 0. The first-order valence-electron chi connectivity index (χ1n) is 5.39. The molecule has 0 aromatic rings. The molecule has 15 heavy (non-hydrogen) atoms. The number of halogens is 2. The van der Waals surface area contributed by atoms with E-state index in [1.165, 1.54) is 7.05 Å². The number of carbonyl (C=O) groups excluding carboxylic acids is 1. The van der Waals surface area contributed by atoms with Crippen LogP contribution < -0.4 is 0 Å². The zero-order valence-electron chi connectivity index (χ0n) is 9.09. The highest BCUT2D eigenvalue weighted by Gasteiger charge is 2.20. The van der Waals surface area contributed by atoms with Gasteiger partial charge in [-0.05, 0) is 12.8 Å². The minimum Gasteiger partial charge on any atom is -0.325 e. The van der Waals surface area contributed by atoms with Gasteiger partial charge < -0.3 is 9.80 Å². The number of hydrogen-bond acceptors (Lipinski definition) is 1. The van der Waals surface area contributed by atoms with Crippen LogP contribution in [0.4, 0.5) is 13.6 Å². The normalized spacial score (nSPS) is 17.7.